The van der Waals surface area contributed by atoms with E-state index in [1.54, 1.807) is 22.3 Å². The Labute approximate surface area is 116 Å². The third-order valence-electron chi connectivity index (χ3n) is 2.52. The van der Waals surface area contributed by atoms with Crippen molar-refractivity contribution < 1.29 is 8.42 Å². The molecular weight excluding hydrogens is 284 g/mol. The average molecular weight is 300 g/mol. The highest BCUT2D eigenvalue weighted by atomic mass is 32.2. The molecule has 0 aliphatic heterocycles. The van der Waals surface area contributed by atoms with Crippen LogP contribution < -0.4 is 10.5 Å². The molecule has 0 saturated carbocycles. The van der Waals surface area contributed by atoms with Gasteiger partial charge in [-0.15, -0.1) is 11.3 Å². The predicted molar refractivity (Wildman–Crippen MR) is 75.6 cm³/mol. The Morgan fingerprint density at radius 3 is 2.79 bits per heavy atom. The molecule has 0 unspecified atom stereocenters. The lowest BCUT2D eigenvalue weighted by Gasteiger charge is -2.04. The van der Waals surface area contributed by atoms with Gasteiger partial charge in [-0.25, -0.2) is 8.42 Å². The fraction of sp³-hybridized carbons (Fsp3) is 0.364. The van der Waals surface area contributed by atoms with Crippen LogP contribution in [0.25, 0.3) is 0 Å². The van der Waals surface area contributed by atoms with Gasteiger partial charge in [0.25, 0.3) is 10.0 Å². The van der Waals surface area contributed by atoms with E-state index < -0.39 is 10.0 Å². The first-order chi connectivity index (χ1) is 8.92. The van der Waals surface area contributed by atoms with Gasteiger partial charge in [0.1, 0.15) is 0 Å². The zero-order valence-electron chi connectivity index (χ0n) is 10.7. The minimum absolute atomic E-state index is 0.184. The van der Waals surface area contributed by atoms with Crippen molar-refractivity contribution in [3.05, 3.63) is 28.7 Å². The summed E-state index contributed by atoms with van der Waals surface area (Å²) in [5, 5.41) is 5.67. The predicted octanol–water partition coefficient (Wildman–Crippen LogP) is 1.78. The van der Waals surface area contributed by atoms with Crippen LogP contribution in [0.3, 0.4) is 0 Å². The Morgan fingerprint density at radius 2 is 2.26 bits per heavy atom. The Balaban J connectivity index is 2.20. The summed E-state index contributed by atoms with van der Waals surface area (Å²) in [5.41, 5.74) is 5.93. The van der Waals surface area contributed by atoms with Crippen LogP contribution in [0, 0.1) is 0 Å². The Morgan fingerprint density at radius 1 is 1.53 bits per heavy atom. The van der Waals surface area contributed by atoms with Crippen molar-refractivity contribution in [3.8, 4) is 0 Å². The summed E-state index contributed by atoms with van der Waals surface area (Å²) in [7, 11) is -3.56. The molecule has 19 heavy (non-hydrogen) atoms. The van der Waals surface area contributed by atoms with E-state index in [1.165, 1.54) is 17.5 Å². The molecule has 0 atom stereocenters. The third-order valence-corrected chi connectivity index (χ3v) is 4.99. The molecular formula is C11H16N4O2S2. The lowest BCUT2D eigenvalue weighted by molar-refractivity contribution is 0.532. The largest absolute Gasteiger partial charge is 0.326 e. The molecule has 104 valence electrons. The van der Waals surface area contributed by atoms with Crippen molar-refractivity contribution in [1.82, 2.24) is 9.78 Å². The number of hydrogen-bond acceptors (Lipinski definition) is 5. The fourth-order valence-electron chi connectivity index (χ4n) is 1.50. The number of sulfonamides is 1. The van der Waals surface area contributed by atoms with Crippen LogP contribution >= 0.6 is 11.3 Å². The second-order valence-electron chi connectivity index (χ2n) is 4.36. The van der Waals surface area contributed by atoms with Crippen molar-refractivity contribution >= 4 is 27.0 Å². The van der Waals surface area contributed by atoms with E-state index in [0.29, 0.717) is 12.2 Å². The van der Waals surface area contributed by atoms with Crippen LogP contribution in [0.1, 0.15) is 24.8 Å². The molecule has 0 radical (unpaired) electrons. The molecule has 3 N–H and O–H groups in total. The molecule has 2 heterocycles. The van der Waals surface area contributed by atoms with Gasteiger partial charge >= 0.3 is 0 Å². The van der Waals surface area contributed by atoms with E-state index in [2.05, 4.69) is 9.82 Å². The molecule has 2 aromatic rings. The smallest absolute Gasteiger partial charge is 0.262 e. The minimum atomic E-state index is -3.56. The van der Waals surface area contributed by atoms with Gasteiger partial charge in [-0.3, -0.25) is 9.40 Å². The summed E-state index contributed by atoms with van der Waals surface area (Å²) in [6.07, 6.45) is 3.16. The van der Waals surface area contributed by atoms with Crippen LogP contribution in [0.4, 0.5) is 5.69 Å². The maximum atomic E-state index is 12.1. The Hall–Kier alpha value is -1.38. The van der Waals surface area contributed by atoms with E-state index in [1.807, 2.05) is 13.8 Å². The molecule has 0 saturated heterocycles. The van der Waals surface area contributed by atoms with Crippen molar-refractivity contribution in [1.29, 1.82) is 0 Å². The maximum absolute atomic E-state index is 12.1. The summed E-state index contributed by atoms with van der Waals surface area (Å²) < 4.78 is 28.4. The summed E-state index contributed by atoms with van der Waals surface area (Å²) in [6.45, 7) is 4.28. The van der Waals surface area contributed by atoms with Crippen LogP contribution in [0.5, 0.6) is 0 Å². The van der Waals surface area contributed by atoms with Crippen molar-refractivity contribution in [2.24, 2.45) is 5.73 Å². The molecule has 0 aliphatic rings. The van der Waals surface area contributed by atoms with Gasteiger partial charge in [-0.1, -0.05) is 0 Å². The van der Waals surface area contributed by atoms with Gasteiger partial charge in [0.05, 0.1) is 16.8 Å². The zero-order chi connectivity index (χ0) is 14.0. The number of nitrogens with one attached hydrogen (secondary N) is 1. The SMILES string of the molecule is CC(C)n1cc(NS(=O)(=O)c2csc(CN)c2)cn1. The molecule has 2 aromatic heterocycles. The van der Waals surface area contributed by atoms with Crippen molar-refractivity contribution in [3.63, 3.8) is 0 Å². The Bertz CT molecular complexity index is 658. The van der Waals surface area contributed by atoms with E-state index in [-0.39, 0.29) is 10.9 Å². The third kappa shape index (κ3) is 3.14. The highest BCUT2D eigenvalue weighted by Crippen LogP contribution is 2.21. The standard InChI is InChI=1S/C11H16N4O2S2/c1-8(2)15-6-9(5-13-15)14-19(16,17)11-3-10(4-12)18-7-11/h3,5-8,14H,4,12H2,1-2H3. The molecule has 6 nitrogen and oxygen atoms in total. The van der Waals surface area contributed by atoms with Gasteiger partial charge < -0.3 is 5.73 Å². The molecule has 0 amide bonds. The van der Waals surface area contributed by atoms with E-state index in [4.69, 9.17) is 5.73 Å². The van der Waals surface area contributed by atoms with Gasteiger partial charge in [0.2, 0.25) is 0 Å². The first-order valence-corrected chi connectivity index (χ1v) is 8.13. The fourth-order valence-corrected chi connectivity index (χ4v) is 3.68. The van der Waals surface area contributed by atoms with Crippen LogP contribution in [-0.4, -0.2) is 18.2 Å². The highest BCUT2D eigenvalue weighted by molar-refractivity contribution is 7.92. The van der Waals surface area contributed by atoms with Crippen LogP contribution in [0.15, 0.2) is 28.7 Å². The summed E-state index contributed by atoms with van der Waals surface area (Å²) in [6, 6.07) is 1.77. The lowest BCUT2D eigenvalue weighted by Crippen LogP contribution is -2.11. The summed E-state index contributed by atoms with van der Waals surface area (Å²) >= 11 is 1.33. The first-order valence-electron chi connectivity index (χ1n) is 5.77. The average Bonchev–Trinajstić information content (AvgIpc) is 2.96. The van der Waals surface area contributed by atoms with E-state index in [0.717, 1.165) is 4.88 Å². The quantitative estimate of drug-likeness (QED) is 0.880. The second-order valence-corrected chi connectivity index (χ2v) is 7.04. The van der Waals surface area contributed by atoms with Crippen molar-refractivity contribution in [2.45, 2.75) is 31.3 Å². The van der Waals surface area contributed by atoms with E-state index in [9.17, 15) is 8.42 Å². The minimum Gasteiger partial charge on any atom is -0.326 e. The number of nitrogens with two attached hydrogens (primary N) is 1. The number of nitrogens with zero attached hydrogens (tertiary/aromatic N) is 2. The number of rotatable bonds is 5. The second kappa shape index (κ2) is 5.32. The Kier molecular flexibility index (Phi) is 3.93. The molecule has 0 spiro atoms. The van der Waals surface area contributed by atoms with Gasteiger partial charge in [-0.2, -0.15) is 5.10 Å². The molecule has 0 aromatic carbocycles. The number of hydrogen-bond donors (Lipinski definition) is 2. The molecule has 2 rings (SSSR count). The van der Waals surface area contributed by atoms with Crippen LogP contribution in [0.2, 0.25) is 0 Å². The summed E-state index contributed by atoms with van der Waals surface area (Å²) in [5.74, 6) is 0. The molecule has 8 heteroatoms. The zero-order valence-corrected chi connectivity index (χ0v) is 12.3. The molecule has 0 aliphatic carbocycles. The van der Waals surface area contributed by atoms with Crippen molar-refractivity contribution in [2.75, 3.05) is 4.72 Å². The maximum Gasteiger partial charge on any atom is 0.262 e. The first kappa shape index (κ1) is 14.0. The number of anilines is 1. The topological polar surface area (TPSA) is 90.0 Å². The number of aromatic nitrogens is 2. The number of thiophene rings is 1. The van der Waals surface area contributed by atoms with Gasteiger partial charge in [-0.05, 0) is 19.9 Å². The highest BCUT2D eigenvalue weighted by Gasteiger charge is 2.17. The monoisotopic (exact) mass is 300 g/mol. The lowest BCUT2D eigenvalue weighted by atomic mass is 10.4. The molecule has 0 fully saturated rings. The molecule has 0 bridgehead atoms. The van der Waals surface area contributed by atoms with E-state index >= 15 is 0 Å². The van der Waals surface area contributed by atoms with Crippen LogP contribution in [-0.2, 0) is 16.6 Å². The normalized spacial score (nSPS) is 12.0. The van der Waals surface area contributed by atoms with Gasteiger partial charge in [0, 0.05) is 29.0 Å². The van der Waals surface area contributed by atoms with Gasteiger partial charge in [0.15, 0.2) is 0 Å². The summed E-state index contributed by atoms with van der Waals surface area (Å²) in [4.78, 5) is 1.06.